The van der Waals surface area contributed by atoms with Crippen LogP contribution in [0.5, 0.6) is 11.5 Å². The lowest BCUT2D eigenvalue weighted by Gasteiger charge is -2.28. The van der Waals surface area contributed by atoms with Gasteiger partial charge in [-0.3, -0.25) is 9.59 Å². The second kappa shape index (κ2) is 11.0. The molecule has 0 unspecified atom stereocenters. The molecular formula is C25H32N2O4. The van der Waals surface area contributed by atoms with Crippen molar-refractivity contribution in [1.82, 2.24) is 5.32 Å². The third kappa shape index (κ3) is 6.07. The minimum absolute atomic E-state index is 0.0697. The van der Waals surface area contributed by atoms with E-state index in [2.05, 4.69) is 5.32 Å². The molecular weight excluding hydrogens is 392 g/mol. The molecule has 2 aromatic carbocycles. The number of aryl methyl sites for hydroxylation is 1. The van der Waals surface area contributed by atoms with E-state index in [0.717, 1.165) is 30.5 Å². The summed E-state index contributed by atoms with van der Waals surface area (Å²) in [5.74, 6) is 1.21. The molecule has 0 bridgehead atoms. The van der Waals surface area contributed by atoms with Crippen LogP contribution < -0.4 is 15.0 Å². The Kier molecular flexibility index (Phi) is 8.06. The Morgan fingerprint density at radius 3 is 2.39 bits per heavy atom. The molecule has 0 radical (unpaired) electrons. The monoisotopic (exact) mass is 424 g/mol. The van der Waals surface area contributed by atoms with Crippen LogP contribution in [0.2, 0.25) is 0 Å². The number of hydrogen-bond donors (Lipinski definition) is 1. The van der Waals surface area contributed by atoms with Gasteiger partial charge in [0.15, 0.2) is 0 Å². The van der Waals surface area contributed by atoms with Crippen molar-refractivity contribution in [3.05, 3.63) is 53.6 Å². The summed E-state index contributed by atoms with van der Waals surface area (Å²) in [5.41, 5.74) is 2.38. The minimum atomic E-state index is -0.122. The lowest BCUT2D eigenvalue weighted by Crippen LogP contribution is -2.37. The highest BCUT2D eigenvalue weighted by atomic mass is 16.5. The molecule has 3 rings (SSSR count). The van der Waals surface area contributed by atoms with Crippen LogP contribution in [0.3, 0.4) is 0 Å². The predicted molar refractivity (Wildman–Crippen MR) is 122 cm³/mol. The van der Waals surface area contributed by atoms with E-state index in [0.29, 0.717) is 30.2 Å². The SMILES string of the molecule is COCCCNC(=O)c1cc(Oc2ccc(N(C(C)=O)C3CCCC3)cc2)ccc1C. The van der Waals surface area contributed by atoms with Gasteiger partial charge in [0.2, 0.25) is 5.91 Å². The van der Waals surface area contributed by atoms with Crippen molar-refractivity contribution in [2.24, 2.45) is 0 Å². The highest BCUT2D eigenvalue weighted by Gasteiger charge is 2.25. The molecule has 1 fully saturated rings. The highest BCUT2D eigenvalue weighted by Crippen LogP contribution is 2.31. The number of nitrogens with one attached hydrogen (secondary N) is 1. The molecule has 2 aromatic rings. The molecule has 1 N–H and O–H groups in total. The molecule has 1 aliphatic carbocycles. The van der Waals surface area contributed by atoms with Crippen LogP contribution in [0, 0.1) is 6.92 Å². The normalized spacial score (nSPS) is 13.8. The lowest BCUT2D eigenvalue weighted by molar-refractivity contribution is -0.117. The maximum Gasteiger partial charge on any atom is 0.251 e. The average Bonchev–Trinajstić information content (AvgIpc) is 3.28. The van der Waals surface area contributed by atoms with E-state index in [1.165, 1.54) is 12.8 Å². The number of hydrogen-bond acceptors (Lipinski definition) is 4. The molecule has 31 heavy (non-hydrogen) atoms. The quantitative estimate of drug-likeness (QED) is 0.585. The van der Waals surface area contributed by atoms with Gasteiger partial charge in [0, 0.05) is 44.5 Å². The Morgan fingerprint density at radius 2 is 1.74 bits per heavy atom. The van der Waals surface area contributed by atoms with Crippen LogP contribution in [0.4, 0.5) is 5.69 Å². The summed E-state index contributed by atoms with van der Waals surface area (Å²) in [5, 5.41) is 2.91. The Morgan fingerprint density at radius 1 is 1.06 bits per heavy atom. The Balaban J connectivity index is 1.68. The zero-order valence-electron chi connectivity index (χ0n) is 18.6. The predicted octanol–water partition coefficient (Wildman–Crippen LogP) is 4.85. The van der Waals surface area contributed by atoms with Crippen molar-refractivity contribution in [2.45, 2.75) is 52.0 Å². The number of rotatable bonds is 9. The van der Waals surface area contributed by atoms with Crippen LogP contribution in [-0.2, 0) is 9.53 Å². The summed E-state index contributed by atoms with van der Waals surface area (Å²) in [6, 6.07) is 13.4. The number of nitrogens with zero attached hydrogens (tertiary/aromatic N) is 1. The van der Waals surface area contributed by atoms with Crippen LogP contribution in [0.25, 0.3) is 0 Å². The van der Waals surface area contributed by atoms with Gasteiger partial charge in [-0.25, -0.2) is 0 Å². The zero-order chi connectivity index (χ0) is 22.2. The second-order valence-electron chi connectivity index (χ2n) is 8.00. The van der Waals surface area contributed by atoms with Crippen LogP contribution >= 0.6 is 0 Å². The van der Waals surface area contributed by atoms with Crippen molar-refractivity contribution in [2.75, 3.05) is 25.2 Å². The molecule has 1 saturated carbocycles. The first-order valence-electron chi connectivity index (χ1n) is 10.9. The van der Waals surface area contributed by atoms with E-state index in [1.807, 2.05) is 48.2 Å². The summed E-state index contributed by atoms with van der Waals surface area (Å²) in [6.07, 6.45) is 5.22. The van der Waals surface area contributed by atoms with Crippen molar-refractivity contribution in [3.8, 4) is 11.5 Å². The van der Waals surface area contributed by atoms with Crippen molar-refractivity contribution in [3.63, 3.8) is 0 Å². The van der Waals surface area contributed by atoms with E-state index in [4.69, 9.17) is 9.47 Å². The minimum Gasteiger partial charge on any atom is -0.457 e. The van der Waals surface area contributed by atoms with Gasteiger partial charge in [-0.05, 0) is 68.1 Å². The number of amides is 2. The molecule has 2 amide bonds. The number of ether oxygens (including phenoxy) is 2. The number of methoxy groups -OCH3 is 1. The molecule has 0 atom stereocenters. The number of carbonyl (C=O) groups is 2. The van der Waals surface area contributed by atoms with E-state index in [-0.39, 0.29) is 17.9 Å². The van der Waals surface area contributed by atoms with Gasteiger partial charge in [0.1, 0.15) is 11.5 Å². The number of carbonyl (C=O) groups excluding carboxylic acids is 2. The van der Waals surface area contributed by atoms with Crippen LogP contribution in [-0.4, -0.2) is 38.1 Å². The maximum absolute atomic E-state index is 12.5. The maximum atomic E-state index is 12.5. The molecule has 0 saturated heterocycles. The van der Waals surface area contributed by atoms with Gasteiger partial charge >= 0.3 is 0 Å². The fourth-order valence-electron chi connectivity index (χ4n) is 4.05. The largest absolute Gasteiger partial charge is 0.457 e. The first-order valence-corrected chi connectivity index (χ1v) is 10.9. The van der Waals surface area contributed by atoms with Gasteiger partial charge in [-0.1, -0.05) is 18.9 Å². The van der Waals surface area contributed by atoms with Crippen LogP contribution in [0.1, 0.15) is 54.9 Å². The fourth-order valence-corrected chi connectivity index (χ4v) is 4.05. The number of benzene rings is 2. The number of anilines is 1. The van der Waals surface area contributed by atoms with Crippen LogP contribution in [0.15, 0.2) is 42.5 Å². The fraction of sp³-hybridized carbons (Fsp3) is 0.440. The summed E-state index contributed by atoms with van der Waals surface area (Å²) >= 11 is 0. The average molecular weight is 425 g/mol. The molecule has 166 valence electrons. The van der Waals surface area contributed by atoms with Crippen molar-refractivity contribution in [1.29, 1.82) is 0 Å². The van der Waals surface area contributed by atoms with E-state index in [9.17, 15) is 9.59 Å². The molecule has 0 aliphatic heterocycles. The first-order chi connectivity index (χ1) is 15.0. The molecule has 0 heterocycles. The second-order valence-corrected chi connectivity index (χ2v) is 8.00. The Labute approximate surface area is 184 Å². The smallest absolute Gasteiger partial charge is 0.251 e. The van der Waals surface area contributed by atoms with E-state index >= 15 is 0 Å². The molecule has 0 spiro atoms. The van der Waals surface area contributed by atoms with E-state index < -0.39 is 0 Å². The molecule has 1 aliphatic rings. The van der Waals surface area contributed by atoms with Crippen molar-refractivity contribution < 1.29 is 19.1 Å². The summed E-state index contributed by atoms with van der Waals surface area (Å²) < 4.78 is 11.0. The van der Waals surface area contributed by atoms with Gasteiger partial charge in [-0.15, -0.1) is 0 Å². The molecule has 0 aromatic heterocycles. The van der Waals surface area contributed by atoms with Gasteiger partial charge in [0.25, 0.3) is 5.91 Å². The van der Waals surface area contributed by atoms with E-state index in [1.54, 1.807) is 20.1 Å². The summed E-state index contributed by atoms with van der Waals surface area (Å²) in [4.78, 5) is 26.6. The van der Waals surface area contributed by atoms with Gasteiger partial charge in [-0.2, -0.15) is 0 Å². The Hall–Kier alpha value is -2.86. The van der Waals surface area contributed by atoms with Gasteiger partial charge in [0.05, 0.1) is 0 Å². The topological polar surface area (TPSA) is 67.9 Å². The van der Waals surface area contributed by atoms with Crippen molar-refractivity contribution >= 4 is 17.5 Å². The first kappa shape index (κ1) is 22.8. The summed E-state index contributed by atoms with van der Waals surface area (Å²) in [7, 11) is 1.64. The third-order valence-electron chi connectivity index (χ3n) is 5.64. The standard InChI is InChI=1S/C25H32N2O4/c1-18-9-12-23(17-24(18)25(29)26-15-6-16-30-3)31-22-13-10-21(11-14-22)27(19(2)28)20-7-4-5-8-20/h9-14,17,20H,4-8,15-16H2,1-3H3,(H,26,29). The van der Waals surface area contributed by atoms with Gasteiger partial charge < -0.3 is 19.7 Å². The molecule has 6 heteroatoms. The third-order valence-corrected chi connectivity index (χ3v) is 5.64. The highest BCUT2D eigenvalue weighted by molar-refractivity contribution is 5.96. The lowest BCUT2D eigenvalue weighted by atomic mass is 10.1. The molecule has 6 nitrogen and oxygen atoms in total. The Bertz CT molecular complexity index is 889. The summed E-state index contributed by atoms with van der Waals surface area (Å²) in [6.45, 7) is 4.70. The zero-order valence-corrected chi connectivity index (χ0v) is 18.6.